The van der Waals surface area contributed by atoms with E-state index in [9.17, 15) is 9.59 Å². The van der Waals surface area contributed by atoms with Gasteiger partial charge < -0.3 is 10.0 Å². The number of rotatable bonds is 1. The van der Waals surface area contributed by atoms with E-state index in [1.165, 1.54) is 0 Å². The Hall–Kier alpha value is -1.69. The number of aromatic carboxylic acids is 1. The third-order valence-corrected chi connectivity index (χ3v) is 5.11. The van der Waals surface area contributed by atoms with Gasteiger partial charge in [0.2, 0.25) is 0 Å². The minimum Gasteiger partial charge on any atom is -0.478 e. The van der Waals surface area contributed by atoms with Crippen molar-refractivity contribution in [2.75, 3.05) is 30.3 Å². The second-order valence-electron chi connectivity index (χ2n) is 5.46. The van der Waals surface area contributed by atoms with E-state index in [1.54, 1.807) is 17.0 Å². The summed E-state index contributed by atoms with van der Waals surface area (Å²) >= 11 is 1.88. The lowest BCUT2D eigenvalue weighted by molar-refractivity contribution is 0.0697. The van der Waals surface area contributed by atoms with Gasteiger partial charge in [0.15, 0.2) is 0 Å². The summed E-state index contributed by atoms with van der Waals surface area (Å²) in [6.07, 6.45) is 0.791. The average molecular weight is 306 g/mol. The molecule has 5 nitrogen and oxygen atoms in total. The summed E-state index contributed by atoms with van der Waals surface area (Å²) in [7, 11) is 0. The summed E-state index contributed by atoms with van der Waals surface area (Å²) in [5, 5.41) is 9.56. The third kappa shape index (κ3) is 2.72. The number of anilines is 1. The number of carboxylic acids is 1. The minimum absolute atomic E-state index is 0.00318. The van der Waals surface area contributed by atoms with E-state index >= 15 is 0 Å². The zero-order valence-corrected chi connectivity index (χ0v) is 12.7. The number of hydrogen-bond donors (Lipinski definition) is 1. The summed E-state index contributed by atoms with van der Waals surface area (Å²) in [5.41, 5.74) is 2.04. The minimum atomic E-state index is -0.958. The fraction of sp³-hybridized carbons (Fsp3) is 0.467. The maximum Gasteiger partial charge on any atom is 0.335 e. The number of hydrogen-bond acceptors (Lipinski definition) is 3. The van der Waals surface area contributed by atoms with Crippen LogP contribution < -0.4 is 4.90 Å². The van der Waals surface area contributed by atoms with Crippen molar-refractivity contribution in [3.05, 3.63) is 29.3 Å². The van der Waals surface area contributed by atoms with Crippen molar-refractivity contribution in [2.24, 2.45) is 0 Å². The molecule has 112 valence electrons. The highest BCUT2D eigenvalue weighted by Crippen LogP contribution is 2.31. The SMILES string of the molecule is CC1CN(C(=O)N2CCc3ccc(C(=O)O)cc32)CCS1. The number of benzene rings is 1. The van der Waals surface area contributed by atoms with Gasteiger partial charge in [0.25, 0.3) is 0 Å². The molecule has 0 saturated carbocycles. The molecule has 2 heterocycles. The molecule has 21 heavy (non-hydrogen) atoms. The van der Waals surface area contributed by atoms with Crippen molar-refractivity contribution in [3.8, 4) is 0 Å². The van der Waals surface area contributed by atoms with Crippen molar-refractivity contribution >= 4 is 29.4 Å². The van der Waals surface area contributed by atoms with Gasteiger partial charge in [0, 0.05) is 36.3 Å². The lowest BCUT2D eigenvalue weighted by Crippen LogP contribution is -2.48. The molecular formula is C15H18N2O3S. The van der Waals surface area contributed by atoms with E-state index in [2.05, 4.69) is 6.92 Å². The number of carbonyl (C=O) groups is 2. The van der Waals surface area contributed by atoms with Gasteiger partial charge in [0.05, 0.1) is 5.56 Å². The van der Waals surface area contributed by atoms with Gasteiger partial charge in [-0.2, -0.15) is 11.8 Å². The van der Waals surface area contributed by atoms with Crippen molar-refractivity contribution in [2.45, 2.75) is 18.6 Å². The maximum atomic E-state index is 12.7. The van der Waals surface area contributed by atoms with Gasteiger partial charge in [0.1, 0.15) is 0 Å². The number of thioether (sulfide) groups is 1. The summed E-state index contributed by atoms with van der Waals surface area (Å²) in [5.74, 6) is 0.00283. The second-order valence-corrected chi connectivity index (χ2v) is 7.01. The molecule has 0 radical (unpaired) electrons. The van der Waals surface area contributed by atoms with E-state index in [1.807, 2.05) is 22.7 Å². The van der Waals surface area contributed by atoms with E-state index in [0.29, 0.717) is 11.8 Å². The normalized spacial score (nSPS) is 21.3. The highest BCUT2D eigenvalue weighted by molar-refractivity contribution is 7.99. The van der Waals surface area contributed by atoms with Crippen molar-refractivity contribution in [3.63, 3.8) is 0 Å². The predicted octanol–water partition coefficient (Wildman–Crippen LogP) is 2.30. The van der Waals surface area contributed by atoms with Crippen LogP contribution in [0.5, 0.6) is 0 Å². The molecule has 3 rings (SSSR count). The molecule has 1 aromatic carbocycles. The topological polar surface area (TPSA) is 60.9 Å². The van der Waals surface area contributed by atoms with E-state index in [-0.39, 0.29) is 11.6 Å². The van der Waals surface area contributed by atoms with Crippen LogP contribution in [0.3, 0.4) is 0 Å². The number of carboxylic acid groups (broad SMARTS) is 1. The first-order valence-corrected chi connectivity index (χ1v) is 8.15. The predicted molar refractivity (Wildman–Crippen MR) is 83.3 cm³/mol. The summed E-state index contributed by atoms with van der Waals surface area (Å²) in [6.45, 7) is 4.28. The zero-order chi connectivity index (χ0) is 15.0. The molecule has 1 unspecified atom stereocenters. The van der Waals surface area contributed by atoms with E-state index < -0.39 is 5.97 Å². The van der Waals surface area contributed by atoms with Crippen LogP contribution in [0.15, 0.2) is 18.2 Å². The molecular weight excluding hydrogens is 288 g/mol. The molecule has 6 heteroatoms. The smallest absolute Gasteiger partial charge is 0.335 e. The van der Waals surface area contributed by atoms with E-state index in [4.69, 9.17) is 5.11 Å². The molecule has 1 aromatic rings. The van der Waals surface area contributed by atoms with Crippen LogP contribution in [0.4, 0.5) is 10.5 Å². The fourth-order valence-electron chi connectivity index (χ4n) is 2.87. The molecule has 0 bridgehead atoms. The average Bonchev–Trinajstić information content (AvgIpc) is 2.89. The van der Waals surface area contributed by atoms with Crippen LogP contribution in [-0.2, 0) is 6.42 Å². The summed E-state index contributed by atoms with van der Waals surface area (Å²) < 4.78 is 0. The first kappa shape index (κ1) is 14.3. The molecule has 2 aliphatic rings. The zero-order valence-electron chi connectivity index (χ0n) is 11.9. The van der Waals surface area contributed by atoms with E-state index in [0.717, 1.165) is 36.5 Å². The quantitative estimate of drug-likeness (QED) is 0.865. The number of urea groups is 1. The Bertz CT molecular complexity index is 590. The highest BCUT2D eigenvalue weighted by atomic mass is 32.2. The number of amides is 2. The summed E-state index contributed by atoms with van der Waals surface area (Å²) in [4.78, 5) is 27.4. The molecule has 0 aromatic heterocycles. The van der Waals surface area contributed by atoms with Crippen LogP contribution in [-0.4, -0.2) is 52.6 Å². The number of fused-ring (bicyclic) bond motifs is 1. The van der Waals surface area contributed by atoms with Gasteiger partial charge in [-0.05, 0) is 24.1 Å². The van der Waals surface area contributed by atoms with Crippen molar-refractivity contribution in [1.82, 2.24) is 4.90 Å². The number of nitrogens with zero attached hydrogens (tertiary/aromatic N) is 2. The van der Waals surface area contributed by atoms with Crippen molar-refractivity contribution < 1.29 is 14.7 Å². The largest absolute Gasteiger partial charge is 0.478 e. The van der Waals surface area contributed by atoms with Gasteiger partial charge in [-0.25, -0.2) is 9.59 Å². The first-order chi connectivity index (χ1) is 10.1. The molecule has 1 fully saturated rings. The molecule has 1 atom stereocenters. The Kier molecular flexibility index (Phi) is 3.80. The Balaban J connectivity index is 1.84. The van der Waals surface area contributed by atoms with Crippen LogP contribution in [0.25, 0.3) is 0 Å². The highest BCUT2D eigenvalue weighted by Gasteiger charge is 2.31. The Morgan fingerprint density at radius 3 is 2.86 bits per heavy atom. The molecule has 0 spiro atoms. The Labute approximate surface area is 127 Å². The summed E-state index contributed by atoms with van der Waals surface area (Å²) in [6, 6.07) is 5.05. The number of carbonyl (C=O) groups excluding carboxylic acids is 1. The molecule has 0 aliphatic carbocycles. The van der Waals surface area contributed by atoms with Crippen molar-refractivity contribution in [1.29, 1.82) is 0 Å². The standard InChI is InChI=1S/C15H18N2O3S/c1-10-9-16(6-7-21-10)15(20)17-5-4-11-2-3-12(14(18)19)8-13(11)17/h2-3,8,10H,4-7,9H2,1H3,(H,18,19). The fourth-order valence-corrected chi connectivity index (χ4v) is 3.89. The monoisotopic (exact) mass is 306 g/mol. The molecule has 1 N–H and O–H groups in total. The Morgan fingerprint density at radius 1 is 1.33 bits per heavy atom. The lowest BCUT2D eigenvalue weighted by Gasteiger charge is -2.33. The van der Waals surface area contributed by atoms with Gasteiger partial charge in [-0.3, -0.25) is 4.90 Å². The molecule has 2 aliphatic heterocycles. The van der Waals surface area contributed by atoms with Crippen LogP contribution in [0.2, 0.25) is 0 Å². The van der Waals surface area contributed by atoms with Crippen LogP contribution in [0.1, 0.15) is 22.8 Å². The molecule has 1 saturated heterocycles. The van der Waals surface area contributed by atoms with Gasteiger partial charge in [-0.15, -0.1) is 0 Å². The van der Waals surface area contributed by atoms with Crippen LogP contribution >= 0.6 is 11.8 Å². The molecule has 2 amide bonds. The van der Waals surface area contributed by atoms with Crippen LogP contribution in [0, 0.1) is 0 Å². The maximum absolute atomic E-state index is 12.7. The Morgan fingerprint density at radius 2 is 2.14 bits per heavy atom. The third-order valence-electron chi connectivity index (χ3n) is 3.97. The first-order valence-electron chi connectivity index (χ1n) is 7.10. The second kappa shape index (κ2) is 5.60. The lowest BCUT2D eigenvalue weighted by atomic mass is 10.1. The van der Waals surface area contributed by atoms with Gasteiger partial charge >= 0.3 is 12.0 Å². The van der Waals surface area contributed by atoms with Gasteiger partial charge in [-0.1, -0.05) is 13.0 Å².